The summed E-state index contributed by atoms with van der Waals surface area (Å²) in [5.41, 5.74) is 1.57. The van der Waals surface area contributed by atoms with E-state index >= 15 is 0 Å². The molecule has 0 saturated carbocycles. The molecule has 2 aromatic carbocycles. The van der Waals surface area contributed by atoms with E-state index in [1.165, 1.54) is 0 Å². The van der Waals surface area contributed by atoms with Crippen molar-refractivity contribution in [3.05, 3.63) is 65.2 Å². The van der Waals surface area contributed by atoms with E-state index in [9.17, 15) is 19.5 Å². The first-order chi connectivity index (χ1) is 18.6. The van der Waals surface area contributed by atoms with Crippen LogP contribution in [0.25, 0.3) is 0 Å². The largest absolute Gasteiger partial charge is 0.394 e. The van der Waals surface area contributed by atoms with Crippen LogP contribution in [-0.2, 0) is 20.9 Å². The first-order valence-electron chi connectivity index (χ1n) is 13.6. The summed E-state index contributed by atoms with van der Waals surface area (Å²) >= 11 is 7.67. The lowest BCUT2D eigenvalue weighted by Crippen LogP contribution is -2.55. The Morgan fingerprint density at radius 1 is 1.10 bits per heavy atom. The maximum atomic E-state index is 14.3. The lowest BCUT2D eigenvalue weighted by atomic mass is 9.66. The van der Waals surface area contributed by atoms with E-state index in [0.717, 1.165) is 12.0 Å². The molecule has 2 aromatic rings. The Morgan fingerprint density at radius 2 is 1.79 bits per heavy atom. The highest BCUT2D eigenvalue weighted by molar-refractivity contribution is 8.02. The van der Waals surface area contributed by atoms with E-state index in [0.29, 0.717) is 30.1 Å². The number of nitrogens with zero attached hydrogens (tertiary/aromatic N) is 1. The van der Waals surface area contributed by atoms with Crippen molar-refractivity contribution in [2.24, 2.45) is 17.8 Å². The van der Waals surface area contributed by atoms with Crippen LogP contribution in [-0.4, -0.2) is 55.9 Å². The Balaban J connectivity index is 1.50. The number of thioether (sulfide) groups is 1. The predicted molar refractivity (Wildman–Crippen MR) is 154 cm³/mol. The van der Waals surface area contributed by atoms with E-state index in [4.69, 9.17) is 11.6 Å². The summed E-state index contributed by atoms with van der Waals surface area (Å²) < 4.78 is -1.21. The molecule has 3 aliphatic heterocycles. The molecule has 3 N–H and O–H groups in total. The van der Waals surface area contributed by atoms with Crippen LogP contribution in [0.3, 0.4) is 0 Å². The van der Waals surface area contributed by atoms with E-state index in [-0.39, 0.29) is 30.2 Å². The van der Waals surface area contributed by atoms with Gasteiger partial charge in [0.15, 0.2) is 0 Å². The third kappa shape index (κ3) is 4.96. The van der Waals surface area contributed by atoms with Crippen LogP contribution < -0.4 is 10.6 Å². The average Bonchev–Trinajstić information content (AvgIpc) is 3.48. The Bertz CT molecular complexity index is 1240. The van der Waals surface area contributed by atoms with Gasteiger partial charge in [-0.15, -0.1) is 11.8 Å². The van der Waals surface area contributed by atoms with Crippen molar-refractivity contribution in [2.75, 3.05) is 11.9 Å². The number of fused-ring (bicyclic) bond motifs is 1. The molecule has 3 fully saturated rings. The molecular formula is C30H36ClN3O4S. The zero-order chi connectivity index (χ0) is 27.9. The van der Waals surface area contributed by atoms with Crippen LogP contribution >= 0.6 is 23.4 Å². The van der Waals surface area contributed by atoms with Crippen LogP contribution in [0.2, 0.25) is 5.02 Å². The van der Waals surface area contributed by atoms with Crippen LogP contribution in [0.1, 0.15) is 45.6 Å². The highest BCUT2D eigenvalue weighted by Crippen LogP contribution is 2.71. The molecule has 1 spiro atoms. The molecule has 208 valence electrons. The molecule has 5 rings (SSSR count). The molecule has 3 amide bonds. The van der Waals surface area contributed by atoms with Gasteiger partial charge in [0.1, 0.15) is 6.04 Å². The molecule has 3 saturated heterocycles. The predicted octanol–water partition coefficient (Wildman–Crippen LogP) is 4.48. The summed E-state index contributed by atoms with van der Waals surface area (Å²) in [6.45, 7) is 6.26. The fourth-order valence-electron chi connectivity index (χ4n) is 6.92. The quantitative estimate of drug-likeness (QED) is 0.413. The van der Waals surface area contributed by atoms with Crippen molar-refractivity contribution in [3.8, 4) is 0 Å². The molecule has 7 nitrogen and oxygen atoms in total. The third-order valence-electron chi connectivity index (χ3n) is 8.51. The molecule has 39 heavy (non-hydrogen) atoms. The average molecular weight is 570 g/mol. The number of aliphatic hydroxyl groups is 1. The lowest BCUT2D eigenvalue weighted by molar-refractivity contribution is -0.143. The number of aliphatic hydroxyl groups excluding tert-OH is 1. The van der Waals surface area contributed by atoms with Crippen LogP contribution in [0.15, 0.2) is 54.6 Å². The van der Waals surface area contributed by atoms with Crippen LogP contribution in [0.4, 0.5) is 5.69 Å². The van der Waals surface area contributed by atoms with Gasteiger partial charge in [-0.05, 0) is 61.9 Å². The van der Waals surface area contributed by atoms with Gasteiger partial charge in [-0.3, -0.25) is 14.4 Å². The number of anilines is 1. The monoisotopic (exact) mass is 569 g/mol. The number of carbonyl (C=O) groups is 3. The number of benzene rings is 2. The molecule has 9 heteroatoms. The van der Waals surface area contributed by atoms with Crippen molar-refractivity contribution >= 4 is 46.8 Å². The number of amides is 3. The van der Waals surface area contributed by atoms with Gasteiger partial charge < -0.3 is 20.6 Å². The molecule has 0 radical (unpaired) electrons. The van der Waals surface area contributed by atoms with Crippen molar-refractivity contribution in [2.45, 2.75) is 68.2 Å². The van der Waals surface area contributed by atoms with Gasteiger partial charge >= 0.3 is 0 Å². The summed E-state index contributed by atoms with van der Waals surface area (Å²) in [6.07, 6.45) is 1.95. The summed E-state index contributed by atoms with van der Waals surface area (Å²) in [4.78, 5) is 43.7. The molecule has 3 aliphatic rings. The minimum atomic E-state index is -0.805. The van der Waals surface area contributed by atoms with Gasteiger partial charge in [-0.2, -0.15) is 0 Å². The second kappa shape index (κ2) is 10.8. The zero-order valence-corrected chi connectivity index (χ0v) is 24.1. The maximum absolute atomic E-state index is 14.3. The number of nitrogens with one attached hydrogen (secondary N) is 2. The summed E-state index contributed by atoms with van der Waals surface area (Å²) in [5.74, 6) is -1.66. The normalized spacial score (nSPS) is 29.9. The smallest absolute Gasteiger partial charge is 0.248 e. The summed E-state index contributed by atoms with van der Waals surface area (Å²) in [7, 11) is 0. The molecule has 2 bridgehead atoms. The van der Waals surface area contributed by atoms with Gasteiger partial charge in [-0.25, -0.2) is 0 Å². The van der Waals surface area contributed by atoms with E-state index in [2.05, 4.69) is 17.6 Å². The lowest BCUT2D eigenvalue weighted by Gasteiger charge is -2.37. The van der Waals surface area contributed by atoms with Crippen molar-refractivity contribution in [1.29, 1.82) is 0 Å². The van der Waals surface area contributed by atoms with Crippen molar-refractivity contribution < 1.29 is 19.5 Å². The zero-order valence-electron chi connectivity index (χ0n) is 22.5. The minimum absolute atomic E-state index is 0.156. The third-order valence-corrected chi connectivity index (χ3v) is 10.8. The van der Waals surface area contributed by atoms with E-state index in [1.54, 1.807) is 40.9 Å². The number of rotatable bonds is 9. The van der Waals surface area contributed by atoms with Crippen molar-refractivity contribution in [1.82, 2.24) is 10.2 Å². The van der Waals surface area contributed by atoms with Gasteiger partial charge in [-0.1, -0.05) is 55.8 Å². The number of carbonyl (C=O) groups excluding carboxylic acids is 3. The number of hydrogen-bond acceptors (Lipinski definition) is 5. The second-order valence-corrected chi connectivity index (χ2v) is 14.0. The Kier molecular flexibility index (Phi) is 7.74. The molecule has 6 atom stereocenters. The first-order valence-corrected chi connectivity index (χ1v) is 14.8. The van der Waals surface area contributed by atoms with Gasteiger partial charge in [0.05, 0.1) is 29.2 Å². The Labute approximate surface area is 239 Å². The minimum Gasteiger partial charge on any atom is -0.394 e. The van der Waals surface area contributed by atoms with Crippen LogP contribution in [0, 0.1) is 17.8 Å². The number of halogens is 1. The van der Waals surface area contributed by atoms with Gasteiger partial charge in [0.2, 0.25) is 17.7 Å². The van der Waals surface area contributed by atoms with E-state index < -0.39 is 33.4 Å². The molecule has 2 unspecified atom stereocenters. The fraction of sp³-hybridized carbons (Fsp3) is 0.500. The molecular weight excluding hydrogens is 534 g/mol. The highest BCUT2D eigenvalue weighted by Gasteiger charge is 2.77. The summed E-state index contributed by atoms with van der Waals surface area (Å²) in [5, 5.41) is 17.0. The molecule has 3 heterocycles. The Morgan fingerprint density at radius 3 is 2.44 bits per heavy atom. The number of hydrogen-bond donors (Lipinski definition) is 3. The molecule has 0 aromatic heterocycles. The second-order valence-electron chi connectivity index (χ2n) is 11.6. The van der Waals surface area contributed by atoms with Gasteiger partial charge in [0.25, 0.3) is 0 Å². The molecule has 0 aliphatic carbocycles. The van der Waals surface area contributed by atoms with E-state index in [1.807, 2.05) is 44.2 Å². The maximum Gasteiger partial charge on any atom is 0.248 e. The fourth-order valence-corrected chi connectivity index (χ4v) is 9.39. The Hall–Kier alpha value is -2.55. The summed E-state index contributed by atoms with van der Waals surface area (Å²) in [6, 6.07) is 15.2. The number of likely N-dealkylation sites (tertiary alicyclic amines) is 1. The topological polar surface area (TPSA) is 98.7 Å². The van der Waals surface area contributed by atoms with Gasteiger partial charge in [0, 0.05) is 22.0 Å². The SMILES string of the molecule is CC(C)C[C@H](CO)N1C(=O)[C@@H]2[C@H](C(=O)NCc3ccccc3)[C@]3(C)CCC2(S3)C1C(=O)Nc1ccc(Cl)cc1. The first kappa shape index (κ1) is 28.0. The standard InChI is InChI=1S/C30H36ClN3O4S/c1-18(2)15-22(17-35)34-25(27(37)33-21-11-9-20(31)10-12-21)30-14-13-29(3,39-30)23(24(30)28(34)38)26(36)32-16-19-7-5-4-6-8-19/h4-12,18,22-25,35H,13-17H2,1-3H3,(H,32,36)(H,33,37)/t22-,23-,24+,25?,29+,30?/m1/s1. The van der Waals surface area contributed by atoms with Crippen LogP contribution in [0.5, 0.6) is 0 Å². The van der Waals surface area contributed by atoms with Crippen molar-refractivity contribution in [3.63, 3.8) is 0 Å². The highest BCUT2D eigenvalue weighted by atomic mass is 35.5.